The van der Waals surface area contributed by atoms with Gasteiger partial charge >= 0.3 is 16.6 Å². The molecule has 0 N–H and O–H groups in total. The quantitative estimate of drug-likeness (QED) is 0.172. The van der Waals surface area contributed by atoms with Crippen molar-refractivity contribution in [1.29, 1.82) is 0 Å². The van der Waals surface area contributed by atoms with Gasteiger partial charge in [-0.2, -0.15) is 0 Å². The van der Waals surface area contributed by atoms with Gasteiger partial charge in [-0.15, -0.1) is 13.2 Å². The van der Waals surface area contributed by atoms with Gasteiger partial charge in [0.25, 0.3) is 0 Å². The second-order valence-electron chi connectivity index (χ2n) is 10.2. The average Bonchev–Trinajstić information content (AvgIpc) is 3.08. The van der Waals surface area contributed by atoms with Crippen LogP contribution in [-0.4, -0.2) is 16.6 Å². The Labute approximate surface area is 250 Å². The van der Waals surface area contributed by atoms with Crippen molar-refractivity contribution < 1.29 is 8.85 Å². The molecule has 0 radical (unpaired) electrons. The first-order valence-corrected chi connectivity index (χ1v) is 18.1. The van der Waals surface area contributed by atoms with Crippen molar-refractivity contribution in [2.24, 2.45) is 0 Å². The average molecular weight is 577 g/mol. The van der Waals surface area contributed by atoms with Gasteiger partial charge in [-0.1, -0.05) is 145 Å². The summed E-state index contributed by atoms with van der Waals surface area (Å²) in [6.07, 6.45) is 0. The highest BCUT2D eigenvalue weighted by Crippen LogP contribution is 2.28. The fourth-order valence-corrected chi connectivity index (χ4v) is 11.6. The Morgan fingerprint density at radius 2 is 0.667 bits per heavy atom. The van der Waals surface area contributed by atoms with Gasteiger partial charge in [-0.25, -0.2) is 0 Å². The molecule has 4 heteroatoms. The number of hydrogen-bond acceptors (Lipinski definition) is 2. The summed E-state index contributed by atoms with van der Waals surface area (Å²) in [6.45, 7) is 8.53. The maximum atomic E-state index is 6.96. The van der Waals surface area contributed by atoms with E-state index < -0.39 is 16.6 Å². The van der Waals surface area contributed by atoms with Crippen molar-refractivity contribution in [3.8, 4) is 11.5 Å². The highest BCUT2D eigenvalue weighted by molar-refractivity contribution is 7.02. The van der Waals surface area contributed by atoms with Gasteiger partial charge in [0.1, 0.15) is 11.5 Å². The molecule has 0 fully saturated rings. The Balaban J connectivity index is 1.37. The molecule has 42 heavy (non-hydrogen) atoms. The minimum absolute atomic E-state index is 0.818. The van der Waals surface area contributed by atoms with Crippen LogP contribution in [0.4, 0.5) is 0 Å². The van der Waals surface area contributed by atoms with Gasteiger partial charge in [-0.05, 0) is 55.8 Å². The van der Waals surface area contributed by atoms with Crippen molar-refractivity contribution in [3.63, 3.8) is 0 Å². The second kappa shape index (κ2) is 11.9. The van der Waals surface area contributed by atoms with Crippen molar-refractivity contribution in [3.05, 3.63) is 182 Å². The van der Waals surface area contributed by atoms with Crippen LogP contribution in [0.3, 0.4) is 0 Å². The van der Waals surface area contributed by atoms with E-state index in [1.54, 1.807) is 0 Å². The number of benzene rings is 6. The Bertz CT molecular complexity index is 1590. The maximum Gasteiger partial charge on any atom is 0.339 e. The molecule has 204 valence electrons. The van der Waals surface area contributed by atoms with E-state index in [4.69, 9.17) is 8.85 Å². The van der Waals surface area contributed by atoms with E-state index in [2.05, 4.69) is 147 Å². The van der Waals surface area contributed by atoms with Crippen LogP contribution >= 0.6 is 0 Å². The highest BCUT2D eigenvalue weighted by atomic mass is 28.4. The molecule has 0 atom stereocenters. The number of fused-ring (bicyclic) bond motifs is 1. The fourth-order valence-electron chi connectivity index (χ4n) is 5.57. The standard InChI is InChI=1S/C38H32O2Si2/c1-3-41(35-17-9-5-10-18-35,36-19-11-6-12-20-36)39-33-27-25-32-30-34(28-26-31(32)29-33)40-42(4-2,37-21-13-7-14-22-37)38-23-15-8-16-24-38/h3-30H,1-2H2. The third-order valence-electron chi connectivity index (χ3n) is 7.73. The Morgan fingerprint density at radius 3 is 0.929 bits per heavy atom. The van der Waals surface area contributed by atoms with E-state index in [1.807, 2.05) is 35.7 Å². The largest absolute Gasteiger partial charge is 0.531 e. The van der Waals surface area contributed by atoms with E-state index in [9.17, 15) is 0 Å². The van der Waals surface area contributed by atoms with Crippen LogP contribution in [0.25, 0.3) is 10.8 Å². The van der Waals surface area contributed by atoms with Gasteiger partial charge in [-0.3, -0.25) is 0 Å². The predicted octanol–water partition coefficient (Wildman–Crippen LogP) is 6.57. The summed E-state index contributed by atoms with van der Waals surface area (Å²) in [6, 6.07) is 54.3. The van der Waals surface area contributed by atoms with Gasteiger partial charge in [0.2, 0.25) is 0 Å². The van der Waals surface area contributed by atoms with Crippen LogP contribution in [0.2, 0.25) is 0 Å². The molecular formula is C38H32O2Si2. The molecule has 0 saturated heterocycles. The topological polar surface area (TPSA) is 18.5 Å². The summed E-state index contributed by atoms with van der Waals surface area (Å²) in [4.78, 5) is 0. The van der Waals surface area contributed by atoms with Crippen molar-refractivity contribution >= 4 is 48.2 Å². The molecule has 0 spiro atoms. The predicted molar refractivity (Wildman–Crippen MR) is 181 cm³/mol. The minimum atomic E-state index is -2.74. The molecular weight excluding hydrogens is 545 g/mol. The number of rotatable bonds is 10. The van der Waals surface area contributed by atoms with E-state index in [0.29, 0.717) is 0 Å². The van der Waals surface area contributed by atoms with Gasteiger partial charge in [0.05, 0.1) is 0 Å². The van der Waals surface area contributed by atoms with E-state index in [1.165, 1.54) is 0 Å². The first-order chi connectivity index (χ1) is 20.7. The summed E-state index contributed by atoms with van der Waals surface area (Å²) >= 11 is 0. The Kier molecular flexibility index (Phi) is 7.73. The molecule has 0 aliphatic rings. The van der Waals surface area contributed by atoms with Crippen LogP contribution in [-0.2, 0) is 0 Å². The van der Waals surface area contributed by atoms with Crippen LogP contribution in [0, 0.1) is 0 Å². The smallest absolute Gasteiger partial charge is 0.339 e. The lowest BCUT2D eigenvalue weighted by Crippen LogP contribution is -2.62. The molecule has 0 aromatic heterocycles. The Morgan fingerprint density at radius 1 is 0.381 bits per heavy atom. The van der Waals surface area contributed by atoms with Crippen molar-refractivity contribution in [2.45, 2.75) is 0 Å². The van der Waals surface area contributed by atoms with Gasteiger partial charge in [0.15, 0.2) is 0 Å². The van der Waals surface area contributed by atoms with Crippen LogP contribution < -0.4 is 29.6 Å². The zero-order chi connectivity index (χ0) is 28.8. The molecule has 0 unspecified atom stereocenters. The van der Waals surface area contributed by atoms with Crippen molar-refractivity contribution in [2.75, 3.05) is 0 Å². The number of hydrogen-bond donors (Lipinski definition) is 0. The summed E-state index contributed by atoms with van der Waals surface area (Å²) in [5, 5.41) is 6.78. The minimum Gasteiger partial charge on any atom is -0.531 e. The molecule has 0 aliphatic carbocycles. The molecule has 0 saturated carbocycles. The lowest BCUT2D eigenvalue weighted by molar-refractivity contribution is 0.575. The first-order valence-electron chi connectivity index (χ1n) is 14.1. The third-order valence-corrected chi connectivity index (χ3v) is 14.8. The SMILES string of the molecule is C=C[Si](Oc1ccc2cc(O[Si](C=C)(c3ccccc3)c3ccccc3)ccc2c1)(c1ccccc1)c1ccccc1. The van der Waals surface area contributed by atoms with E-state index in [0.717, 1.165) is 43.0 Å². The molecule has 0 heterocycles. The van der Waals surface area contributed by atoms with E-state index >= 15 is 0 Å². The summed E-state index contributed by atoms with van der Waals surface area (Å²) in [7, 11) is -5.48. The fraction of sp³-hybridized carbons (Fsp3) is 0. The molecule has 2 nitrogen and oxygen atoms in total. The highest BCUT2D eigenvalue weighted by Gasteiger charge is 2.40. The normalized spacial score (nSPS) is 11.5. The maximum absolute atomic E-state index is 6.96. The lowest BCUT2D eigenvalue weighted by atomic mass is 10.1. The summed E-state index contributed by atoms with van der Waals surface area (Å²) in [5.41, 5.74) is 4.04. The molecule has 6 aromatic rings. The van der Waals surface area contributed by atoms with Crippen LogP contribution in [0.5, 0.6) is 11.5 Å². The first kappa shape index (κ1) is 27.3. The molecule has 0 amide bonds. The summed E-state index contributed by atoms with van der Waals surface area (Å²) in [5.74, 6) is 1.64. The van der Waals surface area contributed by atoms with Crippen LogP contribution in [0.1, 0.15) is 0 Å². The summed E-state index contributed by atoms with van der Waals surface area (Å²) < 4.78 is 13.9. The van der Waals surface area contributed by atoms with Crippen molar-refractivity contribution in [1.82, 2.24) is 0 Å². The zero-order valence-corrected chi connectivity index (χ0v) is 25.4. The molecule has 6 aromatic carbocycles. The second-order valence-corrected chi connectivity index (χ2v) is 16.7. The van der Waals surface area contributed by atoms with E-state index in [-0.39, 0.29) is 0 Å². The zero-order valence-electron chi connectivity index (χ0n) is 23.4. The van der Waals surface area contributed by atoms with Gasteiger partial charge < -0.3 is 8.85 Å². The van der Waals surface area contributed by atoms with Crippen LogP contribution in [0.15, 0.2) is 182 Å². The molecule has 0 bridgehead atoms. The lowest BCUT2D eigenvalue weighted by Gasteiger charge is -2.30. The molecule has 6 rings (SSSR count). The monoisotopic (exact) mass is 576 g/mol. The Hall–Kier alpha value is -4.91. The molecule has 0 aliphatic heterocycles. The third kappa shape index (κ3) is 5.14. The van der Waals surface area contributed by atoms with Gasteiger partial charge in [0, 0.05) is 0 Å².